The SMILES string of the molecule is CC(CN)(Nc1cccc(S(C)(=O)=O)c1[N+](=O)[O-])C1CC1. The first-order chi connectivity index (χ1) is 9.69. The lowest BCUT2D eigenvalue weighted by atomic mass is 9.95. The Bertz CT molecular complexity index is 670. The molecule has 8 heteroatoms. The summed E-state index contributed by atoms with van der Waals surface area (Å²) < 4.78 is 23.5. The molecule has 1 aliphatic rings. The second kappa shape index (κ2) is 5.27. The van der Waals surface area contributed by atoms with Gasteiger partial charge in [0.15, 0.2) is 9.84 Å². The van der Waals surface area contributed by atoms with E-state index in [0.717, 1.165) is 19.1 Å². The molecular weight excluding hydrogens is 294 g/mol. The summed E-state index contributed by atoms with van der Waals surface area (Å²) >= 11 is 0. The molecule has 2 rings (SSSR count). The Morgan fingerprint density at radius 2 is 2.10 bits per heavy atom. The molecule has 1 aliphatic carbocycles. The van der Waals surface area contributed by atoms with Crippen molar-refractivity contribution in [2.45, 2.75) is 30.2 Å². The van der Waals surface area contributed by atoms with Crippen molar-refractivity contribution in [1.29, 1.82) is 0 Å². The molecule has 0 radical (unpaired) electrons. The van der Waals surface area contributed by atoms with Crippen LogP contribution in [0.2, 0.25) is 0 Å². The number of nitrogens with one attached hydrogen (secondary N) is 1. The number of nitro benzene ring substituents is 1. The number of para-hydroxylation sites is 1. The van der Waals surface area contributed by atoms with Gasteiger partial charge < -0.3 is 11.1 Å². The summed E-state index contributed by atoms with van der Waals surface area (Å²) in [4.78, 5) is 10.4. The van der Waals surface area contributed by atoms with Crippen LogP contribution in [-0.2, 0) is 9.84 Å². The van der Waals surface area contributed by atoms with Crippen LogP contribution in [-0.4, -0.2) is 31.7 Å². The third-order valence-corrected chi connectivity index (χ3v) is 5.03. The summed E-state index contributed by atoms with van der Waals surface area (Å²) in [5, 5.41) is 14.4. The average molecular weight is 313 g/mol. The summed E-state index contributed by atoms with van der Waals surface area (Å²) in [6.45, 7) is 2.22. The lowest BCUT2D eigenvalue weighted by Crippen LogP contribution is -2.44. The summed E-state index contributed by atoms with van der Waals surface area (Å²) in [6.07, 6.45) is 2.99. The van der Waals surface area contributed by atoms with Crippen molar-refractivity contribution in [2.24, 2.45) is 11.7 Å². The topological polar surface area (TPSA) is 115 Å². The van der Waals surface area contributed by atoms with Gasteiger partial charge in [-0.3, -0.25) is 10.1 Å². The average Bonchev–Trinajstić information content (AvgIpc) is 3.21. The smallest absolute Gasteiger partial charge is 0.310 e. The zero-order chi connectivity index (χ0) is 15.8. The Hall–Kier alpha value is -1.67. The van der Waals surface area contributed by atoms with E-state index in [4.69, 9.17) is 5.73 Å². The Labute approximate surface area is 123 Å². The molecule has 0 aromatic heterocycles. The Morgan fingerprint density at radius 3 is 2.52 bits per heavy atom. The van der Waals surface area contributed by atoms with Gasteiger partial charge in [0.05, 0.1) is 4.92 Å². The Morgan fingerprint density at radius 1 is 1.48 bits per heavy atom. The van der Waals surface area contributed by atoms with Crippen LogP contribution < -0.4 is 11.1 Å². The number of hydrogen-bond donors (Lipinski definition) is 2. The van der Waals surface area contributed by atoms with E-state index in [0.29, 0.717) is 12.5 Å². The van der Waals surface area contributed by atoms with Crippen molar-refractivity contribution >= 4 is 21.2 Å². The standard InChI is InChI=1S/C13H19N3O4S/c1-13(8-14,9-6-7-9)15-10-4-3-5-11(21(2,19)20)12(10)16(17)18/h3-5,9,15H,6-8,14H2,1-2H3. The highest BCUT2D eigenvalue weighted by molar-refractivity contribution is 7.90. The molecule has 116 valence electrons. The summed E-state index contributed by atoms with van der Waals surface area (Å²) in [6, 6.07) is 4.26. The lowest BCUT2D eigenvalue weighted by molar-refractivity contribution is -0.386. The van der Waals surface area contributed by atoms with Crippen LogP contribution in [0.3, 0.4) is 0 Å². The normalized spacial score (nSPS) is 18.0. The molecule has 0 aliphatic heterocycles. The third-order valence-electron chi connectivity index (χ3n) is 3.90. The van der Waals surface area contributed by atoms with Gasteiger partial charge in [-0.1, -0.05) is 6.07 Å². The van der Waals surface area contributed by atoms with Gasteiger partial charge in [-0.2, -0.15) is 0 Å². The number of nitrogens with two attached hydrogens (primary N) is 1. The van der Waals surface area contributed by atoms with E-state index in [1.807, 2.05) is 6.92 Å². The maximum Gasteiger partial charge on any atom is 0.310 e. The molecule has 0 spiro atoms. The number of hydrogen-bond acceptors (Lipinski definition) is 6. The maximum absolute atomic E-state index is 11.7. The van der Waals surface area contributed by atoms with Gasteiger partial charge in [0.25, 0.3) is 0 Å². The highest BCUT2D eigenvalue weighted by atomic mass is 32.2. The second-order valence-electron chi connectivity index (χ2n) is 5.70. The molecule has 1 aromatic rings. The molecule has 1 aromatic carbocycles. The predicted octanol–water partition coefficient (Wildman–Crippen LogP) is 1.54. The number of nitrogens with zero attached hydrogens (tertiary/aromatic N) is 1. The van der Waals surface area contributed by atoms with E-state index < -0.39 is 26.0 Å². The fourth-order valence-corrected chi connectivity index (χ4v) is 3.32. The number of anilines is 1. The van der Waals surface area contributed by atoms with Crippen molar-refractivity contribution < 1.29 is 13.3 Å². The summed E-state index contributed by atoms with van der Waals surface area (Å²) in [7, 11) is -3.68. The van der Waals surface area contributed by atoms with Gasteiger partial charge in [0.1, 0.15) is 10.6 Å². The van der Waals surface area contributed by atoms with Gasteiger partial charge in [-0.25, -0.2) is 8.42 Å². The minimum Gasteiger partial charge on any atom is -0.373 e. The number of sulfone groups is 1. The van der Waals surface area contributed by atoms with Gasteiger partial charge >= 0.3 is 5.69 Å². The molecule has 1 fully saturated rings. The largest absolute Gasteiger partial charge is 0.373 e. The minimum absolute atomic E-state index is 0.197. The molecule has 3 N–H and O–H groups in total. The van der Waals surface area contributed by atoms with E-state index in [9.17, 15) is 18.5 Å². The monoisotopic (exact) mass is 313 g/mol. The van der Waals surface area contributed by atoms with E-state index in [-0.39, 0.29) is 10.6 Å². The maximum atomic E-state index is 11.7. The molecule has 21 heavy (non-hydrogen) atoms. The molecule has 1 unspecified atom stereocenters. The van der Waals surface area contributed by atoms with Crippen molar-refractivity contribution in [3.8, 4) is 0 Å². The highest BCUT2D eigenvalue weighted by Crippen LogP contribution is 2.43. The first-order valence-electron chi connectivity index (χ1n) is 6.65. The van der Waals surface area contributed by atoms with Gasteiger partial charge in [-0.15, -0.1) is 0 Å². The zero-order valence-electron chi connectivity index (χ0n) is 12.0. The fraction of sp³-hybridized carbons (Fsp3) is 0.538. The predicted molar refractivity (Wildman–Crippen MR) is 80.0 cm³/mol. The molecule has 0 bridgehead atoms. The quantitative estimate of drug-likeness (QED) is 0.608. The van der Waals surface area contributed by atoms with E-state index in [1.165, 1.54) is 18.2 Å². The van der Waals surface area contributed by atoms with Gasteiger partial charge in [-0.05, 0) is 37.8 Å². The van der Waals surface area contributed by atoms with Crippen LogP contribution in [0.25, 0.3) is 0 Å². The Balaban J connectivity index is 2.51. The van der Waals surface area contributed by atoms with Crippen LogP contribution in [0.5, 0.6) is 0 Å². The molecule has 7 nitrogen and oxygen atoms in total. The van der Waals surface area contributed by atoms with Crippen LogP contribution in [0.15, 0.2) is 23.1 Å². The fourth-order valence-electron chi connectivity index (χ4n) is 2.46. The lowest BCUT2D eigenvalue weighted by Gasteiger charge is -2.30. The van der Waals surface area contributed by atoms with Crippen LogP contribution >= 0.6 is 0 Å². The Kier molecular flexibility index (Phi) is 3.94. The minimum atomic E-state index is -3.68. The van der Waals surface area contributed by atoms with Gasteiger partial charge in [0, 0.05) is 18.3 Å². The van der Waals surface area contributed by atoms with Crippen LogP contribution in [0.1, 0.15) is 19.8 Å². The molecule has 1 saturated carbocycles. The van der Waals surface area contributed by atoms with Crippen molar-refractivity contribution in [1.82, 2.24) is 0 Å². The summed E-state index contributed by atoms with van der Waals surface area (Å²) in [5.41, 5.74) is 5.10. The van der Waals surface area contributed by atoms with E-state index >= 15 is 0 Å². The van der Waals surface area contributed by atoms with Crippen LogP contribution in [0, 0.1) is 16.0 Å². The first kappa shape index (κ1) is 15.7. The molecule has 1 atom stereocenters. The van der Waals surface area contributed by atoms with E-state index in [1.54, 1.807) is 0 Å². The third kappa shape index (κ3) is 3.16. The molecule has 0 heterocycles. The van der Waals surface area contributed by atoms with Gasteiger partial charge in [0.2, 0.25) is 0 Å². The molecule has 0 amide bonds. The van der Waals surface area contributed by atoms with E-state index in [2.05, 4.69) is 5.32 Å². The van der Waals surface area contributed by atoms with Crippen molar-refractivity contribution in [2.75, 3.05) is 18.1 Å². The van der Waals surface area contributed by atoms with Crippen molar-refractivity contribution in [3.05, 3.63) is 28.3 Å². The number of benzene rings is 1. The molecule has 0 saturated heterocycles. The molecular formula is C13H19N3O4S. The summed E-state index contributed by atoms with van der Waals surface area (Å²) in [5.74, 6) is 0.351. The first-order valence-corrected chi connectivity index (χ1v) is 8.54. The second-order valence-corrected chi connectivity index (χ2v) is 7.69. The van der Waals surface area contributed by atoms with Crippen molar-refractivity contribution in [3.63, 3.8) is 0 Å². The zero-order valence-corrected chi connectivity index (χ0v) is 12.8. The van der Waals surface area contributed by atoms with Crippen LogP contribution in [0.4, 0.5) is 11.4 Å². The number of rotatable bonds is 6. The number of nitro groups is 1. The highest BCUT2D eigenvalue weighted by Gasteiger charge is 2.42.